The lowest BCUT2D eigenvalue weighted by atomic mass is 10.0. The quantitative estimate of drug-likeness (QED) is 0.335. The molecule has 17 heteroatoms. The third-order valence-electron chi connectivity index (χ3n) is 14.3. The molecule has 2 saturated heterocycles. The molecule has 7 aliphatic rings. The van der Waals surface area contributed by atoms with Crippen molar-refractivity contribution in [1.82, 2.24) is 30.1 Å². The Labute approximate surface area is 369 Å². The third-order valence-corrected chi connectivity index (χ3v) is 16.5. The number of sulfonamides is 1. The number of alkyl carbamates (subject to hydrolysis) is 1. The number of allylic oxidation sites excluding steroid dienone is 1. The van der Waals surface area contributed by atoms with E-state index in [9.17, 15) is 27.6 Å². The van der Waals surface area contributed by atoms with Crippen LogP contribution < -0.4 is 24.8 Å². The minimum atomic E-state index is -4.00. The van der Waals surface area contributed by atoms with Crippen molar-refractivity contribution in [2.24, 2.45) is 11.8 Å². The molecule has 16 nitrogen and oxygen atoms in total. The summed E-state index contributed by atoms with van der Waals surface area (Å²) in [5.74, 6) is -0.900. The zero-order valence-corrected chi connectivity index (χ0v) is 37.1. The van der Waals surface area contributed by atoms with E-state index in [0.717, 1.165) is 75.5 Å². The zero-order valence-electron chi connectivity index (χ0n) is 36.3. The average Bonchev–Trinajstić information content (AvgIpc) is 4.23. The van der Waals surface area contributed by atoms with Gasteiger partial charge in [0.2, 0.25) is 27.7 Å². The molecular weight excluding hydrogens is 829 g/mol. The predicted molar refractivity (Wildman–Crippen MR) is 232 cm³/mol. The number of nitrogens with one attached hydrogen (secondary N) is 3. The molecule has 5 heterocycles. The summed E-state index contributed by atoms with van der Waals surface area (Å²) in [6, 6.07) is 5.74. The molecule has 342 valence electrons. The Morgan fingerprint density at radius 3 is 2.62 bits per heavy atom. The van der Waals surface area contributed by atoms with Crippen molar-refractivity contribution in [3.05, 3.63) is 42.0 Å². The van der Waals surface area contributed by atoms with Gasteiger partial charge in [-0.15, -0.1) is 0 Å². The van der Waals surface area contributed by atoms with Crippen molar-refractivity contribution in [2.75, 3.05) is 46.0 Å². The van der Waals surface area contributed by atoms with E-state index in [4.69, 9.17) is 23.9 Å². The Balaban J connectivity index is 1.05. The fourth-order valence-electron chi connectivity index (χ4n) is 9.76. The number of amides is 4. The van der Waals surface area contributed by atoms with Crippen LogP contribution in [0.5, 0.6) is 11.6 Å². The number of benzene rings is 1. The summed E-state index contributed by atoms with van der Waals surface area (Å²) in [5, 5.41) is 6.71. The van der Waals surface area contributed by atoms with Crippen LogP contribution in [0.25, 0.3) is 10.9 Å². The van der Waals surface area contributed by atoms with Gasteiger partial charge in [-0.2, -0.15) is 0 Å². The van der Waals surface area contributed by atoms with Gasteiger partial charge >= 0.3 is 6.09 Å². The van der Waals surface area contributed by atoms with Crippen molar-refractivity contribution < 1.29 is 46.5 Å². The second-order valence-electron chi connectivity index (χ2n) is 19.0. The normalized spacial score (nSPS) is 32.0. The topological polar surface area (TPSA) is 195 Å². The van der Waals surface area contributed by atoms with Crippen molar-refractivity contribution in [2.45, 2.75) is 138 Å². The lowest BCUT2D eigenvalue weighted by Gasteiger charge is -2.30. The van der Waals surface area contributed by atoms with E-state index < -0.39 is 68.2 Å². The van der Waals surface area contributed by atoms with Crippen molar-refractivity contribution in [3.8, 4) is 11.6 Å². The number of nitrogens with zero attached hydrogens (tertiary/aromatic N) is 3. The van der Waals surface area contributed by atoms with Crippen LogP contribution in [0.3, 0.4) is 0 Å². The summed E-state index contributed by atoms with van der Waals surface area (Å²) in [7, 11) is -4.00. The summed E-state index contributed by atoms with van der Waals surface area (Å²) in [6.07, 6.45) is 11.8. The predicted octanol–water partition coefficient (Wildman–Crippen LogP) is 4.29. The number of carbonyl (C=O) groups is 4. The minimum absolute atomic E-state index is 0.00523. The van der Waals surface area contributed by atoms with Gasteiger partial charge in [-0.1, -0.05) is 50.0 Å². The minimum Gasteiger partial charge on any atom is -0.491 e. The first-order valence-corrected chi connectivity index (χ1v) is 24.8. The molecular formula is C46H62N6O10S. The maximum atomic E-state index is 14.8. The SMILES string of the molecule is CC1(S(=O)(=O)NC(=O)[C@@]23C[C@H]2/C=C\CCCCC[C@@H]2NC(=O)O[C@@H]4C[C@H]4CCCCCc4c(nc5ccccc5c4OCCN4CCOCC4)O[C@@H]4C[C@@H](C(=O)N3)N(C4)C2=O)CC1. The van der Waals surface area contributed by atoms with Crippen LogP contribution in [0.15, 0.2) is 36.4 Å². The fraction of sp³-hybridized carbons (Fsp3) is 0.674. The van der Waals surface area contributed by atoms with E-state index in [-0.39, 0.29) is 31.4 Å². The highest BCUT2D eigenvalue weighted by molar-refractivity contribution is 7.91. The molecule has 0 spiro atoms. The van der Waals surface area contributed by atoms with Crippen LogP contribution in [-0.4, -0.2) is 128 Å². The summed E-state index contributed by atoms with van der Waals surface area (Å²) in [5.41, 5.74) is 0.0119. The first-order valence-electron chi connectivity index (χ1n) is 23.3. The average molecular weight is 891 g/mol. The zero-order chi connectivity index (χ0) is 43.8. The van der Waals surface area contributed by atoms with Crippen LogP contribution in [0.2, 0.25) is 0 Å². The Morgan fingerprint density at radius 2 is 1.79 bits per heavy atom. The molecule has 0 radical (unpaired) electrons. The number of morpholine rings is 1. The highest BCUT2D eigenvalue weighted by atomic mass is 32.2. The molecule has 1 aromatic carbocycles. The molecule has 1 aromatic heterocycles. The molecule has 0 unspecified atom stereocenters. The van der Waals surface area contributed by atoms with Gasteiger partial charge < -0.3 is 34.5 Å². The smallest absolute Gasteiger partial charge is 0.408 e. The second kappa shape index (κ2) is 18.2. The largest absolute Gasteiger partial charge is 0.491 e. The molecule has 4 aliphatic heterocycles. The van der Waals surface area contributed by atoms with Gasteiger partial charge in [-0.05, 0) is 89.2 Å². The third kappa shape index (κ3) is 9.65. The Kier molecular flexibility index (Phi) is 12.6. The van der Waals surface area contributed by atoms with Crippen molar-refractivity contribution in [3.63, 3.8) is 0 Å². The summed E-state index contributed by atoms with van der Waals surface area (Å²) < 4.78 is 52.8. The number of hydrogen-bond acceptors (Lipinski definition) is 12. The monoisotopic (exact) mass is 890 g/mol. The maximum absolute atomic E-state index is 14.8. The number of pyridine rings is 1. The van der Waals surface area contributed by atoms with Gasteiger partial charge in [0.1, 0.15) is 42.2 Å². The molecule has 4 amide bonds. The van der Waals surface area contributed by atoms with Crippen LogP contribution >= 0.6 is 0 Å². The summed E-state index contributed by atoms with van der Waals surface area (Å²) in [6.45, 7) is 5.86. The van der Waals surface area contributed by atoms with Crippen LogP contribution in [0, 0.1) is 11.8 Å². The van der Waals surface area contributed by atoms with Crippen molar-refractivity contribution in [1.29, 1.82) is 0 Å². The van der Waals surface area contributed by atoms with E-state index >= 15 is 0 Å². The number of hydrogen-bond donors (Lipinski definition) is 3. The molecule has 7 atom stereocenters. The van der Waals surface area contributed by atoms with Crippen LogP contribution in [-0.2, 0) is 40.3 Å². The summed E-state index contributed by atoms with van der Waals surface area (Å²) in [4.78, 5) is 65.8. The molecule has 5 fully saturated rings. The van der Waals surface area contributed by atoms with Gasteiger partial charge in [0.25, 0.3) is 5.91 Å². The molecule has 9 rings (SSSR count). The van der Waals surface area contributed by atoms with Crippen molar-refractivity contribution >= 4 is 44.7 Å². The standard InChI is InChI=1S/C46H62N6O10S/c1-45(18-19-45)63(57,58)50-43(55)46-28-31(46)13-7-3-2-4-9-17-36-42(54)52-29-32(27-37(52)40(53)49-46)61-41-34(15-8-5-6-12-30-26-38(30)62-44(56)48-36)39(33-14-10-11-16-35(33)47-41)60-25-22-51-20-23-59-24-21-51/h7,10-11,13-14,16,30-32,36-38H,2-6,8-9,12,15,17-29H2,1H3,(H,48,56)(H,49,53)(H,50,55)/b13-7-/t30-,31-,32-,36+,37+,38-,46-/m1/s1. The van der Waals surface area contributed by atoms with E-state index in [1.165, 1.54) is 4.90 Å². The van der Waals surface area contributed by atoms with Gasteiger partial charge in [-0.25, -0.2) is 18.2 Å². The van der Waals surface area contributed by atoms with Gasteiger partial charge in [0.15, 0.2) is 0 Å². The van der Waals surface area contributed by atoms with Gasteiger partial charge in [-0.3, -0.25) is 24.0 Å². The van der Waals surface area contributed by atoms with E-state index in [0.29, 0.717) is 75.5 Å². The molecule has 2 aromatic rings. The van der Waals surface area contributed by atoms with E-state index in [1.807, 2.05) is 36.4 Å². The molecule has 3 N–H and O–H groups in total. The lowest BCUT2D eigenvalue weighted by molar-refractivity contribution is -0.141. The van der Waals surface area contributed by atoms with Gasteiger partial charge in [0, 0.05) is 37.4 Å². The first-order chi connectivity index (χ1) is 30.4. The molecule has 3 bridgehead atoms. The van der Waals surface area contributed by atoms with Gasteiger partial charge in [0.05, 0.1) is 35.6 Å². The van der Waals surface area contributed by atoms with Crippen LogP contribution in [0.4, 0.5) is 4.79 Å². The van der Waals surface area contributed by atoms with E-state index in [2.05, 4.69) is 20.3 Å². The molecule has 3 aliphatic carbocycles. The number of aromatic nitrogens is 1. The number of carbonyl (C=O) groups excluding carboxylic acids is 4. The number of ether oxygens (including phenoxy) is 4. The van der Waals surface area contributed by atoms with E-state index in [1.54, 1.807) is 6.92 Å². The Hall–Kier alpha value is -4.48. The first kappa shape index (κ1) is 43.8. The highest BCUT2D eigenvalue weighted by Crippen LogP contribution is 2.48. The maximum Gasteiger partial charge on any atom is 0.408 e. The second-order valence-corrected chi connectivity index (χ2v) is 21.2. The Bertz CT molecular complexity index is 2210. The number of rotatable bonds is 7. The van der Waals surface area contributed by atoms with Crippen LogP contribution in [0.1, 0.15) is 102 Å². The number of fused-ring (bicyclic) bond motifs is 6. The highest BCUT2D eigenvalue weighted by Gasteiger charge is 2.63. The molecule has 3 saturated carbocycles. The fourth-order valence-corrected chi connectivity index (χ4v) is 11.1. The summed E-state index contributed by atoms with van der Waals surface area (Å²) >= 11 is 0. The number of para-hydroxylation sites is 1. The lowest BCUT2D eigenvalue weighted by Crippen LogP contribution is -2.58. The molecule has 63 heavy (non-hydrogen) atoms. The Morgan fingerprint density at radius 1 is 1.00 bits per heavy atom.